The molecule has 1 saturated heterocycles. The second-order valence-electron chi connectivity index (χ2n) is 6.44. The van der Waals surface area contributed by atoms with Crippen molar-refractivity contribution in [2.75, 3.05) is 31.1 Å². The first-order valence-electron chi connectivity index (χ1n) is 8.81. The van der Waals surface area contributed by atoms with Gasteiger partial charge in [0.1, 0.15) is 5.75 Å². The maximum Gasteiger partial charge on any atom is 0.121 e. The van der Waals surface area contributed by atoms with Crippen molar-refractivity contribution < 1.29 is 4.74 Å². The van der Waals surface area contributed by atoms with Gasteiger partial charge in [-0.2, -0.15) is 0 Å². The Kier molecular flexibility index (Phi) is 4.90. The monoisotopic (exact) mass is 355 g/mol. The van der Waals surface area contributed by atoms with Crippen LogP contribution in [0.4, 0.5) is 11.4 Å². The average Bonchev–Trinajstić information content (AvgIpc) is 2.82. The third kappa shape index (κ3) is 3.65. The molecule has 2 aliphatic rings. The lowest BCUT2D eigenvalue weighted by atomic mass is 10.1. The number of aliphatic imine (C=N–C) groups is 1. The predicted octanol–water partition coefficient (Wildman–Crippen LogP) is 3.85. The molecule has 0 radical (unpaired) electrons. The van der Waals surface area contributed by atoms with Gasteiger partial charge in [-0.3, -0.25) is 4.99 Å². The minimum absolute atomic E-state index is 0.470. The van der Waals surface area contributed by atoms with Crippen molar-refractivity contribution in [1.29, 1.82) is 0 Å². The fourth-order valence-corrected chi connectivity index (χ4v) is 3.70. The smallest absolute Gasteiger partial charge is 0.121 e. The van der Waals surface area contributed by atoms with E-state index >= 15 is 0 Å². The van der Waals surface area contributed by atoms with E-state index < -0.39 is 0 Å². The molecule has 0 saturated carbocycles. The highest BCUT2D eigenvalue weighted by molar-refractivity contribution is 6.31. The van der Waals surface area contributed by atoms with Crippen LogP contribution in [0.3, 0.4) is 0 Å². The molecule has 5 heteroatoms. The molecule has 1 N–H and O–H groups in total. The molecular formula is C20H22ClN3O. The summed E-state index contributed by atoms with van der Waals surface area (Å²) in [4.78, 5) is 7.08. The highest BCUT2D eigenvalue weighted by Crippen LogP contribution is 2.36. The van der Waals surface area contributed by atoms with E-state index in [1.165, 1.54) is 5.69 Å². The Balaban J connectivity index is 1.48. The zero-order valence-electron chi connectivity index (χ0n) is 14.1. The second kappa shape index (κ2) is 7.46. The Morgan fingerprint density at radius 3 is 3.08 bits per heavy atom. The quantitative estimate of drug-likeness (QED) is 0.905. The molecule has 0 unspecified atom stereocenters. The van der Waals surface area contributed by atoms with Crippen molar-refractivity contribution in [2.24, 2.45) is 4.99 Å². The Morgan fingerprint density at radius 2 is 2.16 bits per heavy atom. The van der Waals surface area contributed by atoms with Crippen molar-refractivity contribution in [1.82, 2.24) is 5.32 Å². The topological polar surface area (TPSA) is 36.9 Å². The van der Waals surface area contributed by atoms with Crippen molar-refractivity contribution in [2.45, 2.75) is 18.9 Å². The maximum atomic E-state index is 6.21. The Morgan fingerprint density at radius 1 is 1.24 bits per heavy atom. The van der Waals surface area contributed by atoms with Gasteiger partial charge in [-0.15, -0.1) is 0 Å². The molecule has 0 aliphatic carbocycles. The fourth-order valence-electron chi connectivity index (χ4n) is 3.47. The summed E-state index contributed by atoms with van der Waals surface area (Å²) in [5, 5.41) is 4.27. The summed E-state index contributed by atoms with van der Waals surface area (Å²) in [6.45, 7) is 3.62. The zero-order chi connectivity index (χ0) is 17.1. The van der Waals surface area contributed by atoms with Crippen LogP contribution in [0.2, 0.25) is 5.02 Å². The van der Waals surface area contributed by atoms with Crippen LogP contribution in [-0.4, -0.2) is 38.5 Å². The molecule has 2 aliphatic heterocycles. The van der Waals surface area contributed by atoms with Gasteiger partial charge in [-0.1, -0.05) is 29.8 Å². The number of benzene rings is 2. The first-order chi connectivity index (χ1) is 12.3. The molecule has 0 spiro atoms. The van der Waals surface area contributed by atoms with Gasteiger partial charge >= 0.3 is 0 Å². The molecule has 25 heavy (non-hydrogen) atoms. The summed E-state index contributed by atoms with van der Waals surface area (Å²) < 4.78 is 6.00. The van der Waals surface area contributed by atoms with Gasteiger partial charge in [0.25, 0.3) is 0 Å². The standard InChI is InChI=1S/C20H22ClN3O/c21-18-4-2-1-3-15(18)8-12-25-17-5-6-19-20(13-17)24-11-10-22-14-16(24)7-9-23-19/h1-6,9,13,16,22H,7-8,10-12,14H2/t16-/m0/s1. The van der Waals surface area contributed by atoms with Gasteiger partial charge in [0, 0.05) is 55.8 Å². The Labute approximate surface area is 153 Å². The lowest BCUT2D eigenvalue weighted by Crippen LogP contribution is -2.51. The van der Waals surface area contributed by atoms with Gasteiger partial charge < -0.3 is 15.0 Å². The summed E-state index contributed by atoms with van der Waals surface area (Å²) in [7, 11) is 0. The lowest BCUT2D eigenvalue weighted by Gasteiger charge is -2.37. The van der Waals surface area contributed by atoms with E-state index in [0.29, 0.717) is 12.6 Å². The molecule has 0 aromatic heterocycles. The third-order valence-electron chi connectivity index (χ3n) is 4.81. The Bertz CT molecular complexity index is 777. The molecule has 1 fully saturated rings. The number of hydrogen-bond donors (Lipinski definition) is 1. The van der Waals surface area contributed by atoms with Crippen molar-refractivity contribution in [3.8, 4) is 5.75 Å². The number of piperazine rings is 1. The molecule has 2 aromatic rings. The SMILES string of the molecule is Clc1ccccc1CCOc1ccc2c(c1)N1CCNC[C@@H]1CC=N2. The molecule has 4 nitrogen and oxygen atoms in total. The summed E-state index contributed by atoms with van der Waals surface area (Å²) in [6.07, 6.45) is 3.81. The molecular weight excluding hydrogens is 334 g/mol. The maximum absolute atomic E-state index is 6.21. The van der Waals surface area contributed by atoms with Crippen LogP contribution in [0.15, 0.2) is 47.5 Å². The fraction of sp³-hybridized carbons (Fsp3) is 0.350. The molecule has 2 heterocycles. The number of halogens is 1. The predicted molar refractivity (Wildman–Crippen MR) is 104 cm³/mol. The van der Waals surface area contributed by atoms with Gasteiger partial charge in [0.05, 0.1) is 18.0 Å². The minimum Gasteiger partial charge on any atom is -0.493 e. The highest BCUT2D eigenvalue weighted by atomic mass is 35.5. The first-order valence-corrected chi connectivity index (χ1v) is 9.19. The molecule has 130 valence electrons. The van der Waals surface area contributed by atoms with Crippen LogP contribution in [0, 0.1) is 0 Å². The first kappa shape index (κ1) is 16.4. The molecule has 4 rings (SSSR count). The van der Waals surface area contributed by atoms with Crippen LogP contribution in [0.1, 0.15) is 12.0 Å². The van der Waals surface area contributed by atoms with Gasteiger partial charge in [0.15, 0.2) is 0 Å². The van der Waals surface area contributed by atoms with E-state index in [0.717, 1.165) is 54.5 Å². The van der Waals surface area contributed by atoms with Crippen molar-refractivity contribution >= 4 is 29.2 Å². The van der Waals surface area contributed by atoms with E-state index in [2.05, 4.69) is 27.3 Å². The molecule has 0 amide bonds. The van der Waals surface area contributed by atoms with E-state index in [4.69, 9.17) is 16.3 Å². The normalized spacial score (nSPS) is 19.1. The number of hydrogen-bond acceptors (Lipinski definition) is 4. The number of ether oxygens (including phenoxy) is 1. The van der Waals surface area contributed by atoms with Crippen LogP contribution in [0.5, 0.6) is 5.75 Å². The summed E-state index contributed by atoms with van der Waals surface area (Å²) in [5.74, 6) is 0.889. The van der Waals surface area contributed by atoms with E-state index in [9.17, 15) is 0 Å². The van der Waals surface area contributed by atoms with Crippen LogP contribution < -0.4 is 15.0 Å². The second-order valence-corrected chi connectivity index (χ2v) is 6.85. The van der Waals surface area contributed by atoms with Gasteiger partial charge in [0.2, 0.25) is 0 Å². The molecule has 2 aromatic carbocycles. The highest BCUT2D eigenvalue weighted by Gasteiger charge is 2.25. The summed E-state index contributed by atoms with van der Waals surface area (Å²) in [6, 6.07) is 14.6. The minimum atomic E-state index is 0.470. The largest absolute Gasteiger partial charge is 0.493 e. The number of nitrogens with one attached hydrogen (secondary N) is 1. The van der Waals surface area contributed by atoms with Crippen LogP contribution in [-0.2, 0) is 6.42 Å². The Hall–Kier alpha value is -2.04. The van der Waals surface area contributed by atoms with Gasteiger partial charge in [-0.05, 0) is 23.8 Å². The third-order valence-corrected chi connectivity index (χ3v) is 5.18. The number of anilines is 1. The number of nitrogens with zero attached hydrogens (tertiary/aromatic N) is 2. The molecule has 1 atom stereocenters. The van der Waals surface area contributed by atoms with Crippen LogP contribution in [0.25, 0.3) is 0 Å². The summed E-state index contributed by atoms with van der Waals surface area (Å²) in [5.41, 5.74) is 3.32. The van der Waals surface area contributed by atoms with Gasteiger partial charge in [-0.25, -0.2) is 0 Å². The number of rotatable bonds is 4. The average molecular weight is 356 g/mol. The van der Waals surface area contributed by atoms with Crippen molar-refractivity contribution in [3.63, 3.8) is 0 Å². The van der Waals surface area contributed by atoms with Crippen molar-refractivity contribution in [3.05, 3.63) is 53.1 Å². The van der Waals surface area contributed by atoms with E-state index in [1.807, 2.05) is 36.5 Å². The number of fused-ring (bicyclic) bond motifs is 3. The van der Waals surface area contributed by atoms with E-state index in [-0.39, 0.29) is 0 Å². The zero-order valence-corrected chi connectivity index (χ0v) is 14.9. The van der Waals surface area contributed by atoms with E-state index in [1.54, 1.807) is 0 Å². The lowest BCUT2D eigenvalue weighted by molar-refractivity contribution is 0.322. The summed E-state index contributed by atoms with van der Waals surface area (Å²) >= 11 is 6.21. The molecule has 0 bridgehead atoms. The van der Waals surface area contributed by atoms with Crippen LogP contribution >= 0.6 is 11.6 Å².